The lowest BCUT2D eigenvalue weighted by Crippen LogP contribution is -2.35. The molecule has 0 aromatic heterocycles. The molecule has 3 heteroatoms. The summed E-state index contributed by atoms with van der Waals surface area (Å²) in [4.78, 5) is 13.7. The maximum absolute atomic E-state index is 11.7. The smallest absolute Gasteiger partial charge is 0.224 e. The van der Waals surface area contributed by atoms with Gasteiger partial charge in [0.25, 0.3) is 0 Å². The molecule has 76 valence electrons. The maximum atomic E-state index is 11.7. The van der Waals surface area contributed by atoms with Crippen molar-refractivity contribution in [2.24, 2.45) is 0 Å². The summed E-state index contributed by atoms with van der Waals surface area (Å²) in [6, 6.07) is 0.573. The van der Waals surface area contributed by atoms with Crippen LogP contribution in [-0.4, -0.2) is 37.0 Å². The Labute approximate surface area is 80.5 Å². The van der Waals surface area contributed by atoms with Crippen LogP contribution in [0.15, 0.2) is 0 Å². The van der Waals surface area contributed by atoms with Crippen LogP contribution in [-0.2, 0) is 4.79 Å². The second kappa shape index (κ2) is 5.22. The Bertz CT molecular complexity index is 166. The van der Waals surface area contributed by atoms with Crippen molar-refractivity contribution >= 4 is 5.91 Å². The molecule has 0 radical (unpaired) electrons. The van der Waals surface area contributed by atoms with Gasteiger partial charge in [0, 0.05) is 25.6 Å². The molecule has 0 atom stereocenters. The molecule has 1 saturated carbocycles. The van der Waals surface area contributed by atoms with E-state index in [9.17, 15) is 4.79 Å². The molecule has 1 rings (SSSR count). The van der Waals surface area contributed by atoms with E-state index >= 15 is 0 Å². The topological polar surface area (TPSA) is 32.3 Å². The number of hydrogen-bond donors (Lipinski definition) is 1. The Balaban J connectivity index is 2.29. The molecule has 0 aromatic rings. The lowest BCUT2D eigenvalue weighted by Gasteiger charge is -2.21. The summed E-state index contributed by atoms with van der Waals surface area (Å²) in [5.41, 5.74) is 0. The van der Waals surface area contributed by atoms with Gasteiger partial charge in [-0.2, -0.15) is 0 Å². The first-order chi connectivity index (χ1) is 6.29. The zero-order valence-electron chi connectivity index (χ0n) is 8.68. The number of amides is 1. The molecule has 1 amide bonds. The van der Waals surface area contributed by atoms with Crippen molar-refractivity contribution in [3.05, 3.63) is 0 Å². The molecule has 0 bridgehead atoms. The Kier molecular flexibility index (Phi) is 4.22. The fourth-order valence-corrected chi connectivity index (χ4v) is 1.51. The largest absolute Gasteiger partial charge is 0.340 e. The van der Waals surface area contributed by atoms with E-state index in [0.29, 0.717) is 18.4 Å². The van der Waals surface area contributed by atoms with Gasteiger partial charge < -0.3 is 10.2 Å². The molecule has 0 aliphatic heterocycles. The maximum Gasteiger partial charge on any atom is 0.224 e. The highest BCUT2D eigenvalue weighted by Crippen LogP contribution is 2.27. The molecule has 0 aromatic carbocycles. The molecule has 1 aliphatic carbocycles. The monoisotopic (exact) mass is 184 g/mol. The third-order valence-electron chi connectivity index (χ3n) is 2.36. The highest BCUT2D eigenvalue weighted by molar-refractivity contribution is 5.77. The van der Waals surface area contributed by atoms with Crippen molar-refractivity contribution in [1.29, 1.82) is 0 Å². The Morgan fingerprint density at radius 2 is 2.23 bits per heavy atom. The van der Waals surface area contributed by atoms with Crippen LogP contribution in [0.5, 0.6) is 0 Å². The van der Waals surface area contributed by atoms with E-state index < -0.39 is 0 Å². The predicted octanol–water partition coefficient (Wildman–Crippen LogP) is 0.997. The van der Waals surface area contributed by atoms with Crippen LogP contribution >= 0.6 is 0 Å². The van der Waals surface area contributed by atoms with Crippen LogP contribution in [0, 0.1) is 0 Å². The van der Waals surface area contributed by atoms with E-state index in [1.54, 1.807) is 0 Å². The van der Waals surface area contributed by atoms with E-state index in [0.717, 1.165) is 19.5 Å². The molecule has 0 saturated heterocycles. The van der Waals surface area contributed by atoms with Crippen LogP contribution in [0.3, 0.4) is 0 Å². The molecular weight excluding hydrogens is 164 g/mol. The molecule has 0 unspecified atom stereocenters. The summed E-state index contributed by atoms with van der Waals surface area (Å²) in [6.07, 6.45) is 4.14. The molecule has 0 spiro atoms. The quantitative estimate of drug-likeness (QED) is 0.668. The zero-order valence-corrected chi connectivity index (χ0v) is 8.68. The normalized spacial score (nSPS) is 15.8. The van der Waals surface area contributed by atoms with E-state index in [4.69, 9.17) is 0 Å². The SMILES string of the molecule is CCCN(C(=O)CCNC)C1CC1. The molecule has 13 heavy (non-hydrogen) atoms. The number of rotatable bonds is 6. The van der Waals surface area contributed by atoms with Crippen LogP contribution in [0.1, 0.15) is 32.6 Å². The standard InChI is InChI=1S/C10H20N2O/c1-3-8-12(9-4-5-9)10(13)6-7-11-2/h9,11H,3-8H2,1-2H3. The first kappa shape index (κ1) is 10.5. The number of carbonyl (C=O) groups is 1. The minimum Gasteiger partial charge on any atom is -0.340 e. The molecule has 0 heterocycles. The van der Waals surface area contributed by atoms with E-state index in [1.807, 2.05) is 7.05 Å². The molecular formula is C10H20N2O. The van der Waals surface area contributed by atoms with Crippen LogP contribution in [0.25, 0.3) is 0 Å². The van der Waals surface area contributed by atoms with Gasteiger partial charge in [-0.15, -0.1) is 0 Å². The van der Waals surface area contributed by atoms with Crippen molar-refractivity contribution in [3.8, 4) is 0 Å². The predicted molar refractivity (Wildman–Crippen MR) is 53.6 cm³/mol. The summed E-state index contributed by atoms with van der Waals surface area (Å²) in [7, 11) is 1.88. The van der Waals surface area contributed by atoms with Crippen molar-refractivity contribution in [2.45, 2.75) is 38.6 Å². The second-order valence-corrected chi connectivity index (χ2v) is 3.67. The van der Waals surface area contributed by atoms with Crippen LogP contribution in [0.4, 0.5) is 0 Å². The van der Waals surface area contributed by atoms with Gasteiger partial charge in [-0.25, -0.2) is 0 Å². The number of nitrogens with zero attached hydrogens (tertiary/aromatic N) is 1. The summed E-state index contributed by atoms with van der Waals surface area (Å²) >= 11 is 0. The number of hydrogen-bond acceptors (Lipinski definition) is 2. The van der Waals surface area contributed by atoms with Crippen molar-refractivity contribution in [3.63, 3.8) is 0 Å². The van der Waals surface area contributed by atoms with Crippen LogP contribution in [0.2, 0.25) is 0 Å². The fraction of sp³-hybridized carbons (Fsp3) is 0.900. The average Bonchev–Trinajstić information content (AvgIpc) is 2.93. The first-order valence-corrected chi connectivity index (χ1v) is 5.23. The van der Waals surface area contributed by atoms with Crippen molar-refractivity contribution in [2.75, 3.05) is 20.1 Å². The van der Waals surface area contributed by atoms with Gasteiger partial charge in [0.15, 0.2) is 0 Å². The van der Waals surface area contributed by atoms with Gasteiger partial charge >= 0.3 is 0 Å². The summed E-state index contributed by atoms with van der Waals surface area (Å²) in [5, 5.41) is 3.01. The minimum atomic E-state index is 0.318. The van der Waals surface area contributed by atoms with Gasteiger partial charge in [-0.3, -0.25) is 4.79 Å². The third-order valence-corrected chi connectivity index (χ3v) is 2.36. The van der Waals surface area contributed by atoms with E-state index in [-0.39, 0.29) is 0 Å². The fourth-order valence-electron chi connectivity index (χ4n) is 1.51. The molecule has 1 aliphatic rings. The Morgan fingerprint density at radius 1 is 1.54 bits per heavy atom. The first-order valence-electron chi connectivity index (χ1n) is 5.23. The third kappa shape index (κ3) is 3.35. The van der Waals surface area contributed by atoms with Gasteiger partial charge in [0.1, 0.15) is 0 Å². The lowest BCUT2D eigenvalue weighted by molar-refractivity contribution is -0.131. The molecule has 1 N–H and O–H groups in total. The van der Waals surface area contributed by atoms with Gasteiger partial charge in [-0.05, 0) is 26.3 Å². The Morgan fingerprint density at radius 3 is 2.69 bits per heavy atom. The summed E-state index contributed by atoms with van der Waals surface area (Å²) < 4.78 is 0. The number of nitrogens with one attached hydrogen (secondary N) is 1. The highest BCUT2D eigenvalue weighted by atomic mass is 16.2. The summed E-state index contributed by atoms with van der Waals surface area (Å²) in [5.74, 6) is 0.318. The van der Waals surface area contributed by atoms with E-state index in [2.05, 4.69) is 17.1 Å². The number of carbonyl (C=O) groups excluding carboxylic acids is 1. The zero-order chi connectivity index (χ0) is 9.68. The van der Waals surface area contributed by atoms with Crippen molar-refractivity contribution < 1.29 is 4.79 Å². The van der Waals surface area contributed by atoms with Gasteiger partial charge in [0.05, 0.1) is 0 Å². The van der Waals surface area contributed by atoms with Crippen molar-refractivity contribution in [1.82, 2.24) is 10.2 Å². The molecule has 3 nitrogen and oxygen atoms in total. The van der Waals surface area contributed by atoms with Gasteiger partial charge in [0.2, 0.25) is 5.91 Å². The van der Waals surface area contributed by atoms with E-state index in [1.165, 1.54) is 12.8 Å². The van der Waals surface area contributed by atoms with Crippen LogP contribution < -0.4 is 5.32 Å². The second-order valence-electron chi connectivity index (χ2n) is 3.67. The lowest BCUT2D eigenvalue weighted by atomic mass is 10.3. The molecule has 1 fully saturated rings. The average molecular weight is 184 g/mol. The van der Waals surface area contributed by atoms with Gasteiger partial charge in [-0.1, -0.05) is 6.92 Å². The summed E-state index contributed by atoms with van der Waals surface area (Å²) in [6.45, 7) is 3.86. The minimum absolute atomic E-state index is 0.318. The highest BCUT2D eigenvalue weighted by Gasteiger charge is 2.31. The Hall–Kier alpha value is -0.570.